The molecule has 2 unspecified atom stereocenters. The van der Waals surface area contributed by atoms with E-state index in [0.717, 1.165) is 19.3 Å². The van der Waals surface area contributed by atoms with Crippen LogP contribution in [-0.2, 0) is 0 Å². The molecule has 82 valence electrons. The Hall–Kier alpha value is -0.440. The normalized spacial score (nSPS) is 26.6. The van der Waals surface area contributed by atoms with E-state index in [9.17, 15) is 8.78 Å². The van der Waals surface area contributed by atoms with Crippen molar-refractivity contribution in [1.82, 2.24) is 0 Å². The molecule has 1 aromatic carbocycles. The topological polar surface area (TPSA) is 0 Å². The molecule has 0 amide bonds. The largest absolute Gasteiger partial charge is 0.204 e. The Kier molecular flexibility index (Phi) is 3.39. The number of rotatable bonds is 1. The van der Waals surface area contributed by atoms with Gasteiger partial charge < -0.3 is 0 Å². The molecule has 0 heterocycles. The molecule has 0 spiro atoms. The molecule has 0 aromatic heterocycles. The Morgan fingerprint density at radius 3 is 2.60 bits per heavy atom. The lowest BCUT2D eigenvalue weighted by molar-refractivity contribution is 0.430. The summed E-state index contributed by atoms with van der Waals surface area (Å²) in [7, 11) is 0. The lowest BCUT2D eigenvalue weighted by atomic mass is 9.84. The molecular formula is C12H13BrF2. The summed E-state index contributed by atoms with van der Waals surface area (Å²) >= 11 is 3.56. The standard InChI is InChI=1S/C12H13BrF2/c13-10-6-2-1-4-8(10)9-5-3-7-11(14)12(9)15/h3,5,7-8,10H,1-2,4,6H2. The Labute approximate surface area is 96.8 Å². The molecule has 1 aliphatic rings. The molecule has 0 nitrogen and oxygen atoms in total. The van der Waals surface area contributed by atoms with E-state index in [1.165, 1.54) is 12.5 Å². The van der Waals surface area contributed by atoms with Gasteiger partial charge in [0.25, 0.3) is 0 Å². The number of hydrogen-bond acceptors (Lipinski definition) is 0. The Morgan fingerprint density at radius 2 is 1.87 bits per heavy atom. The van der Waals surface area contributed by atoms with Gasteiger partial charge in [0.1, 0.15) is 0 Å². The van der Waals surface area contributed by atoms with Crippen LogP contribution in [0.15, 0.2) is 18.2 Å². The van der Waals surface area contributed by atoms with E-state index in [4.69, 9.17) is 0 Å². The van der Waals surface area contributed by atoms with Gasteiger partial charge in [-0.1, -0.05) is 40.9 Å². The van der Waals surface area contributed by atoms with Gasteiger partial charge in [-0.25, -0.2) is 8.78 Å². The van der Waals surface area contributed by atoms with Crippen molar-refractivity contribution in [2.75, 3.05) is 0 Å². The average molecular weight is 275 g/mol. The smallest absolute Gasteiger partial charge is 0.162 e. The quantitative estimate of drug-likeness (QED) is 0.667. The number of halogens is 3. The highest BCUT2D eigenvalue weighted by atomic mass is 79.9. The maximum Gasteiger partial charge on any atom is 0.162 e. The molecule has 1 aliphatic carbocycles. The van der Waals surface area contributed by atoms with Crippen LogP contribution in [0.25, 0.3) is 0 Å². The Bertz CT molecular complexity index is 351. The van der Waals surface area contributed by atoms with Crippen molar-refractivity contribution in [2.45, 2.75) is 36.4 Å². The van der Waals surface area contributed by atoms with Gasteiger partial charge in [0.2, 0.25) is 0 Å². The molecule has 0 bridgehead atoms. The molecule has 1 fully saturated rings. The summed E-state index contributed by atoms with van der Waals surface area (Å²) in [5.41, 5.74) is 0.525. The minimum atomic E-state index is -0.738. The van der Waals surface area contributed by atoms with Crippen LogP contribution < -0.4 is 0 Å². The van der Waals surface area contributed by atoms with Gasteiger partial charge in [-0.15, -0.1) is 0 Å². The molecule has 2 rings (SSSR count). The fraction of sp³-hybridized carbons (Fsp3) is 0.500. The lowest BCUT2D eigenvalue weighted by Gasteiger charge is -2.27. The number of alkyl halides is 1. The number of benzene rings is 1. The van der Waals surface area contributed by atoms with Crippen LogP contribution in [0, 0.1) is 11.6 Å². The molecule has 0 saturated heterocycles. The van der Waals surface area contributed by atoms with E-state index in [1.54, 1.807) is 12.1 Å². The first-order valence-electron chi connectivity index (χ1n) is 5.28. The van der Waals surface area contributed by atoms with Gasteiger partial charge in [0.15, 0.2) is 11.6 Å². The summed E-state index contributed by atoms with van der Waals surface area (Å²) in [6, 6.07) is 4.45. The van der Waals surface area contributed by atoms with Crippen molar-refractivity contribution in [3.8, 4) is 0 Å². The second-order valence-corrected chi connectivity index (χ2v) is 5.23. The minimum Gasteiger partial charge on any atom is -0.204 e. The van der Waals surface area contributed by atoms with Crippen LogP contribution in [-0.4, -0.2) is 4.83 Å². The van der Waals surface area contributed by atoms with E-state index in [-0.39, 0.29) is 10.7 Å². The SMILES string of the molecule is Fc1cccc(C2CCCCC2Br)c1F. The van der Waals surface area contributed by atoms with Crippen molar-refractivity contribution in [2.24, 2.45) is 0 Å². The molecule has 0 aliphatic heterocycles. The van der Waals surface area contributed by atoms with Crippen molar-refractivity contribution < 1.29 is 8.78 Å². The lowest BCUT2D eigenvalue weighted by Crippen LogP contribution is -2.18. The van der Waals surface area contributed by atoms with Gasteiger partial charge in [-0.3, -0.25) is 0 Å². The zero-order valence-corrected chi connectivity index (χ0v) is 9.94. The van der Waals surface area contributed by atoms with Gasteiger partial charge in [-0.2, -0.15) is 0 Å². The van der Waals surface area contributed by atoms with Crippen LogP contribution in [0.4, 0.5) is 8.78 Å². The Balaban J connectivity index is 2.31. The van der Waals surface area contributed by atoms with Crippen molar-refractivity contribution >= 4 is 15.9 Å². The third kappa shape index (κ3) is 2.22. The predicted octanol–water partition coefficient (Wildman–Crippen LogP) is 4.39. The van der Waals surface area contributed by atoms with Gasteiger partial charge in [0, 0.05) is 4.83 Å². The van der Waals surface area contributed by atoms with Gasteiger partial charge in [0.05, 0.1) is 0 Å². The Morgan fingerprint density at radius 1 is 1.13 bits per heavy atom. The number of hydrogen-bond donors (Lipinski definition) is 0. The van der Waals surface area contributed by atoms with E-state index in [0.29, 0.717) is 5.56 Å². The average Bonchev–Trinajstić information content (AvgIpc) is 2.23. The summed E-state index contributed by atoms with van der Waals surface area (Å²) < 4.78 is 26.6. The molecule has 3 heteroatoms. The summed E-state index contributed by atoms with van der Waals surface area (Å²) in [6.07, 6.45) is 4.25. The van der Waals surface area contributed by atoms with Crippen molar-refractivity contribution in [3.05, 3.63) is 35.4 Å². The fourth-order valence-electron chi connectivity index (χ4n) is 2.24. The first-order valence-corrected chi connectivity index (χ1v) is 6.19. The fourth-order valence-corrected chi connectivity index (χ4v) is 3.12. The maximum atomic E-state index is 13.6. The molecular weight excluding hydrogens is 262 g/mol. The third-order valence-electron chi connectivity index (χ3n) is 3.06. The second-order valence-electron chi connectivity index (χ2n) is 4.05. The minimum absolute atomic E-state index is 0.120. The second kappa shape index (κ2) is 4.60. The van der Waals surface area contributed by atoms with E-state index in [1.807, 2.05) is 0 Å². The third-order valence-corrected chi connectivity index (χ3v) is 4.16. The zero-order chi connectivity index (χ0) is 10.8. The van der Waals surface area contributed by atoms with Gasteiger partial charge >= 0.3 is 0 Å². The summed E-state index contributed by atoms with van der Waals surface area (Å²) in [6.45, 7) is 0. The first kappa shape index (κ1) is 11.1. The van der Waals surface area contributed by atoms with Crippen molar-refractivity contribution in [1.29, 1.82) is 0 Å². The van der Waals surface area contributed by atoms with Crippen molar-refractivity contribution in [3.63, 3.8) is 0 Å². The highest BCUT2D eigenvalue weighted by Crippen LogP contribution is 2.38. The molecule has 2 atom stereocenters. The van der Waals surface area contributed by atoms with Crippen LogP contribution in [0.3, 0.4) is 0 Å². The summed E-state index contributed by atoms with van der Waals surface area (Å²) in [4.78, 5) is 0.280. The van der Waals surface area contributed by atoms with E-state index in [2.05, 4.69) is 15.9 Å². The first-order chi connectivity index (χ1) is 7.20. The van der Waals surface area contributed by atoms with Crippen LogP contribution in [0.1, 0.15) is 37.2 Å². The molecule has 1 aromatic rings. The van der Waals surface area contributed by atoms with E-state index < -0.39 is 11.6 Å². The van der Waals surface area contributed by atoms with Crippen LogP contribution in [0.5, 0.6) is 0 Å². The summed E-state index contributed by atoms with van der Waals surface area (Å²) in [5.74, 6) is -1.29. The molecule has 0 radical (unpaired) electrons. The van der Waals surface area contributed by atoms with Gasteiger partial charge in [-0.05, 0) is 30.4 Å². The van der Waals surface area contributed by atoms with E-state index >= 15 is 0 Å². The molecule has 0 N–H and O–H groups in total. The highest BCUT2D eigenvalue weighted by Gasteiger charge is 2.27. The zero-order valence-electron chi connectivity index (χ0n) is 8.35. The van der Waals surface area contributed by atoms with Crippen LogP contribution in [0.2, 0.25) is 0 Å². The maximum absolute atomic E-state index is 13.6. The molecule has 15 heavy (non-hydrogen) atoms. The molecule has 1 saturated carbocycles. The summed E-state index contributed by atoms with van der Waals surface area (Å²) in [5, 5.41) is 0. The van der Waals surface area contributed by atoms with Crippen LogP contribution >= 0.6 is 15.9 Å². The monoisotopic (exact) mass is 274 g/mol. The highest BCUT2D eigenvalue weighted by molar-refractivity contribution is 9.09. The predicted molar refractivity (Wildman–Crippen MR) is 60.3 cm³/mol.